The quantitative estimate of drug-likeness (QED) is 0.236. The second kappa shape index (κ2) is 12.5. The number of anilines is 2. The molecular weight excluding hydrogens is 619 g/mol. The second-order valence-electron chi connectivity index (χ2n) is 11.1. The maximum Gasteiger partial charge on any atom is 0.390 e. The monoisotopic (exact) mass is 650 g/mol. The summed E-state index contributed by atoms with van der Waals surface area (Å²) >= 11 is 5.75. The maximum absolute atomic E-state index is 15.1. The summed E-state index contributed by atoms with van der Waals surface area (Å²) in [5.41, 5.74) is -0.768. The van der Waals surface area contributed by atoms with Crippen molar-refractivity contribution >= 4 is 44.5 Å². The number of halogens is 6. The normalized spacial score (nSPS) is 19.8. The molecule has 1 aromatic carbocycles. The molecule has 0 spiro atoms. The highest BCUT2D eigenvalue weighted by Crippen LogP contribution is 2.32. The Hall–Kier alpha value is -3.04. The Kier molecular flexibility index (Phi) is 9.57. The van der Waals surface area contributed by atoms with Crippen LogP contribution in [0.4, 0.5) is 33.6 Å². The number of aromatic nitrogens is 3. The molecular formula is C27H32ClF5N6O3S. The number of hydrogen-bond donors (Lipinski definition) is 1. The molecule has 3 unspecified atom stereocenters. The Morgan fingerprint density at radius 2 is 1.88 bits per heavy atom. The minimum absolute atomic E-state index is 0.0549. The highest BCUT2D eigenvalue weighted by Gasteiger charge is 2.34. The smallest absolute Gasteiger partial charge is 0.351 e. The zero-order valence-electron chi connectivity index (χ0n) is 23.9. The molecule has 0 saturated heterocycles. The van der Waals surface area contributed by atoms with Gasteiger partial charge in [-0.25, -0.2) is 22.2 Å². The highest BCUT2D eigenvalue weighted by atomic mass is 35.5. The number of sulfonamides is 1. The van der Waals surface area contributed by atoms with Crippen molar-refractivity contribution in [3.63, 3.8) is 0 Å². The van der Waals surface area contributed by atoms with Gasteiger partial charge in [0.25, 0.3) is 5.56 Å². The summed E-state index contributed by atoms with van der Waals surface area (Å²) in [5, 5.41) is 3.62. The van der Waals surface area contributed by atoms with Gasteiger partial charge >= 0.3 is 6.18 Å². The number of rotatable bonds is 9. The highest BCUT2D eigenvalue weighted by molar-refractivity contribution is 7.94. The fourth-order valence-corrected chi connectivity index (χ4v) is 6.60. The number of alkyl halides is 4. The molecule has 1 fully saturated rings. The Balaban J connectivity index is 1.65. The largest absolute Gasteiger partial charge is 0.390 e. The van der Waals surface area contributed by atoms with Crippen molar-refractivity contribution in [3.05, 3.63) is 46.6 Å². The van der Waals surface area contributed by atoms with Crippen LogP contribution in [-0.2, 0) is 10.0 Å². The molecule has 0 radical (unpaired) electrons. The number of benzene rings is 1. The molecule has 1 aliphatic carbocycles. The molecule has 2 heterocycles. The van der Waals surface area contributed by atoms with Gasteiger partial charge in [0.05, 0.1) is 12.2 Å². The molecule has 16 heteroatoms. The van der Waals surface area contributed by atoms with Crippen molar-refractivity contribution < 1.29 is 30.4 Å². The van der Waals surface area contributed by atoms with E-state index in [2.05, 4.69) is 15.3 Å². The summed E-state index contributed by atoms with van der Waals surface area (Å²) in [4.78, 5) is 24.4. The molecule has 9 nitrogen and oxygen atoms in total. The van der Waals surface area contributed by atoms with Gasteiger partial charge in [-0.05, 0) is 64.5 Å². The zero-order chi connectivity index (χ0) is 31.9. The number of hydrogen-bond acceptors (Lipinski definition) is 7. The maximum atomic E-state index is 15.1. The first kappa shape index (κ1) is 32.9. The van der Waals surface area contributed by atoms with Gasteiger partial charge in [0.2, 0.25) is 16.0 Å². The van der Waals surface area contributed by atoms with Gasteiger partial charge < -0.3 is 10.2 Å². The average molecular weight is 651 g/mol. The molecule has 1 aliphatic rings. The van der Waals surface area contributed by atoms with Crippen LogP contribution in [-0.4, -0.2) is 72.1 Å². The first-order valence-electron chi connectivity index (χ1n) is 13.5. The topological polar surface area (TPSA) is 100 Å². The molecule has 3 aromatic rings. The van der Waals surface area contributed by atoms with Crippen LogP contribution < -0.4 is 14.7 Å². The van der Waals surface area contributed by atoms with E-state index in [1.54, 1.807) is 13.8 Å². The number of nitrogens with zero attached hydrogens (tertiary/aromatic N) is 5. The summed E-state index contributed by atoms with van der Waals surface area (Å²) in [5.74, 6) is -2.29. The van der Waals surface area contributed by atoms with Crippen molar-refractivity contribution in [2.45, 2.75) is 70.0 Å². The van der Waals surface area contributed by atoms with Crippen molar-refractivity contribution in [2.75, 3.05) is 29.0 Å². The molecule has 0 amide bonds. The van der Waals surface area contributed by atoms with Gasteiger partial charge in [-0.1, -0.05) is 6.07 Å². The summed E-state index contributed by atoms with van der Waals surface area (Å²) in [7, 11) is -1.01. The molecule has 236 valence electrons. The third-order valence-corrected chi connectivity index (χ3v) is 9.58. The predicted octanol–water partition coefficient (Wildman–Crippen LogP) is 5.65. The van der Waals surface area contributed by atoms with Crippen LogP contribution in [0.2, 0.25) is 0 Å². The molecule has 43 heavy (non-hydrogen) atoms. The Bertz CT molecular complexity index is 1650. The van der Waals surface area contributed by atoms with Gasteiger partial charge in [0.15, 0.2) is 0 Å². The molecule has 0 aliphatic heterocycles. The number of nitrogens with one attached hydrogen (secondary N) is 1. The van der Waals surface area contributed by atoms with E-state index in [1.807, 2.05) is 19.0 Å². The molecule has 0 bridgehead atoms. The van der Waals surface area contributed by atoms with Crippen LogP contribution in [0, 0.1) is 5.82 Å². The van der Waals surface area contributed by atoms with E-state index >= 15 is 4.39 Å². The lowest BCUT2D eigenvalue weighted by atomic mass is 9.89. The van der Waals surface area contributed by atoms with E-state index in [9.17, 15) is 30.8 Å². The van der Waals surface area contributed by atoms with Crippen LogP contribution in [0.5, 0.6) is 0 Å². The van der Waals surface area contributed by atoms with Gasteiger partial charge in [-0.15, -0.1) is 0 Å². The van der Waals surface area contributed by atoms with E-state index in [0.29, 0.717) is 23.9 Å². The third-order valence-electron chi connectivity index (χ3n) is 7.36. The lowest BCUT2D eigenvalue weighted by Crippen LogP contribution is -2.44. The molecule has 1 saturated carbocycles. The first-order chi connectivity index (χ1) is 20.0. The van der Waals surface area contributed by atoms with Crippen LogP contribution in [0.3, 0.4) is 0 Å². The summed E-state index contributed by atoms with van der Waals surface area (Å²) in [6, 6.07) is 3.82. The van der Waals surface area contributed by atoms with Gasteiger partial charge in [0, 0.05) is 53.5 Å². The van der Waals surface area contributed by atoms with Crippen LogP contribution in [0.1, 0.15) is 45.6 Å². The lowest BCUT2D eigenvalue weighted by molar-refractivity contribution is -0.129. The van der Waals surface area contributed by atoms with Crippen LogP contribution >= 0.6 is 11.8 Å². The minimum atomic E-state index is -4.75. The molecule has 2 aromatic heterocycles. The number of pyridine rings is 1. The zero-order valence-corrected chi connectivity index (χ0v) is 25.4. The van der Waals surface area contributed by atoms with Crippen molar-refractivity contribution in [2.24, 2.45) is 0 Å². The predicted molar refractivity (Wildman–Crippen MR) is 156 cm³/mol. The van der Waals surface area contributed by atoms with E-state index < -0.39 is 51.6 Å². The Morgan fingerprint density at radius 3 is 2.47 bits per heavy atom. The van der Waals surface area contributed by atoms with Gasteiger partial charge in [0.1, 0.15) is 23.3 Å². The SMILES string of the molecule is CC(C)n1c(=O)c(-c2ccc(N(Cl)S(=O)(=O)CCC(F)(F)F)c(F)c2)cc2cnc(NC3CCC(N(C)C)C(F)C3)nc21. The standard InChI is InChI=1S/C27H32ClF5N6O3S/c1-15(2)38-24-17(14-34-26(36-24)35-18-6-8-22(37(3)4)21(30)13-18)11-19(25(38)40)16-5-7-23(20(29)12-16)39(28)43(41,42)10-9-27(31,32)33/h5,7,11-12,14-15,18,21-22H,6,8-10,13H2,1-4H3,(H,34,35,36). The summed E-state index contributed by atoms with van der Waals surface area (Å²) < 4.78 is 93.2. The van der Waals surface area contributed by atoms with E-state index in [-0.39, 0.29) is 45.4 Å². The third kappa shape index (κ3) is 7.37. The van der Waals surface area contributed by atoms with Crippen molar-refractivity contribution in [1.82, 2.24) is 19.4 Å². The minimum Gasteiger partial charge on any atom is -0.351 e. The average Bonchev–Trinajstić information content (AvgIpc) is 2.90. The lowest BCUT2D eigenvalue weighted by Gasteiger charge is -2.35. The van der Waals surface area contributed by atoms with Crippen LogP contribution in [0.25, 0.3) is 22.2 Å². The Morgan fingerprint density at radius 1 is 1.19 bits per heavy atom. The Labute approximate surface area is 250 Å². The second-order valence-corrected chi connectivity index (χ2v) is 13.5. The summed E-state index contributed by atoms with van der Waals surface area (Å²) in [6.45, 7) is 3.52. The van der Waals surface area contributed by atoms with Crippen LogP contribution in [0.15, 0.2) is 35.3 Å². The molecule has 3 atom stereocenters. The fourth-order valence-electron chi connectivity index (χ4n) is 5.16. The van der Waals surface area contributed by atoms with Gasteiger partial charge in [-0.3, -0.25) is 9.36 Å². The molecule has 4 rings (SSSR count). The molecule has 1 N–H and O–H groups in total. The van der Waals surface area contributed by atoms with Gasteiger partial charge in [-0.2, -0.15) is 22.0 Å². The van der Waals surface area contributed by atoms with E-state index in [1.165, 1.54) is 22.9 Å². The van der Waals surface area contributed by atoms with Crippen molar-refractivity contribution in [1.29, 1.82) is 0 Å². The first-order valence-corrected chi connectivity index (χ1v) is 15.5. The number of fused-ring (bicyclic) bond motifs is 1. The fraction of sp³-hybridized carbons (Fsp3) is 0.519. The van der Waals surface area contributed by atoms with E-state index in [4.69, 9.17) is 11.8 Å². The summed E-state index contributed by atoms with van der Waals surface area (Å²) in [6.07, 6.45) is -4.27. The van der Waals surface area contributed by atoms with Crippen molar-refractivity contribution in [3.8, 4) is 11.1 Å². The van der Waals surface area contributed by atoms with E-state index in [0.717, 1.165) is 12.1 Å².